The molecule has 0 aliphatic rings. The zero-order valence-corrected chi connectivity index (χ0v) is 13.6. The highest BCUT2D eigenvalue weighted by Gasteiger charge is 2.18. The smallest absolute Gasteiger partial charge is 0.265 e. The molecule has 1 amide bonds. The van der Waals surface area contributed by atoms with Gasteiger partial charge in [-0.25, -0.2) is 0 Å². The van der Waals surface area contributed by atoms with E-state index in [-0.39, 0.29) is 5.91 Å². The van der Waals surface area contributed by atoms with E-state index in [0.717, 1.165) is 6.42 Å². The number of hydrogen-bond acceptors (Lipinski definition) is 2. The average molecular weight is 318 g/mol. The maximum absolute atomic E-state index is 12.3. The van der Waals surface area contributed by atoms with Gasteiger partial charge in [-0.05, 0) is 48.7 Å². The van der Waals surface area contributed by atoms with Gasteiger partial charge < -0.3 is 10.1 Å². The van der Waals surface area contributed by atoms with Gasteiger partial charge in [-0.15, -0.1) is 0 Å². The first-order valence-corrected chi connectivity index (χ1v) is 7.82. The van der Waals surface area contributed by atoms with E-state index in [2.05, 4.69) is 12.2 Å². The highest BCUT2D eigenvalue weighted by Crippen LogP contribution is 2.18. The molecular weight excluding hydrogens is 298 g/mol. The monoisotopic (exact) mass is 317 g/mol. The van der Waals surface area contributed by atoms with Crippen LogP contribution >= 0.6 is 11.6 Å². The number of aryl methyl sites for hydroxylation is 1. The van der Waals surface area contributed by atoms with E-state index < -0.39 is 6.10 Å². The lowest BCUT2D eigenvalue weighted by Gasteiger charge is -2.17. The van der Waals surface area contributed by atoms with Crippen LogP contribution in [0.25, 0.3) is 0 Å². The van der Waals surface area contributed by atoms with Gasteiger partial charge in [0.15, 0.2) is 6.10 Å². The van der Waals surface area contributed by atoms with Gasteiger partial charge in [0.2, 0.25) is 0 Å². The average Bonchev–Trinajstić information content (AvgIpc) is 2.53. The van der Waals surface area contributed by atoms with Crippen molar-refractivity contribution < 1.29 is 9.53 Å². The fourth-order valence-corrected chi connectivity index (χ4v) is 2.27. The summed E-state index contributed by atoms with van der Waals surface area (Å²) in [6.07, 6.45) is 1.03. The van der Waals surface area contributed by atoms with Crippen LogP contribution in [0.1, 0.15) is 25.8 Å². The largest absolute Gasteiger partial charge is 0.481 e. The first kappa shape index (κ1) is 16.4. The summed E-state index contributed by atoms with van der Waals surface area (Å²) in [7, 11) is 0. The second-order valence-corrected chi connectivity index (χ2v) is 5.45. The van der Waals surface area contributed by atoms with Crippen LogP contribution in [-0.2, 0) is 11.2 Å². The van der Waals surface area contributed by atoms with Gasteiger partial charge in [0.05, 0.1) is 0 Å². The number of rotatable bonds is 6. The van der Waals surface area contributed by atoms with Crippen LogP contribution in [0.15, 0.2) is 48.5 Å². The van der Waals surface area contributed by atoms with Crippen LogP contribution in [0.2, 0.25) is 5.02 Å². The van der Waals surface area contributed by atoms with Crippen molar-refractivity contribution in [2.45, 2.75) is 32.8 Å². The molecular formula is C18H20ClNO2. The van der Waals surface area contributed by atoms with Crippen LogP contribution in [0.5, 0.6) is 5.75 Å². The highest BCUT2D eigenvalue weighted by atomic mass is 35.5. The third kappa shape index (κ3) is 4.50. The van der Waals surface area contributed by atoms with Crippen LogP contribution in [0.3, 0.4) is 0 Å². The number of hydrogen-bond donors (Lipinski definition) is 1. The number of carbonyl (C=O) groups is 1. The minimum Gasteiger partial charge on any atom is -0.481 e. The van der Waals surface area contributed by atoms with Crippen LogP contribution in [0, 0.1) is 0 Å². The van der Waals surface area contributed by atoms with E-state index in [1.165, 1.54) is 5.56 Å². The second-order valence-electron chi connectivity index (χ2n) is 5.01. The van der Waals surface area contributed by atoms with Crippen molar-refractivity contribution in [2.24, 2.45) is 0 Å². The maximum atomic E-state index is 12.3. The summed E-state index contributed by atoms with van der Waals surface area (Å²) in [6.45, 7) is 4.02. The molecule has 2 aromatic rings. The topological polar surface area (TPSA) is 38.3 Å². The zero-order chi connectivity index (χ0) is 15.9. The number of halogens is 1. The van der Waals surface area contributed by atoms with Gasteiger partial charge in [-0.1, -0.05) is 43.6 Å². The highest BCUT2D eigenvalue weighted by molar-refractivity contribution is 6.30. The predicted molar refractivity (Wildman–Crippen MR) is 90.6 cm³/mol. The Morgan fingerprint density at radius 1 is 1.18 bits per heavy atom. The Balaban J connectivity index is 2.02. The number of anilines is 1. The minimum atomic E-state index is -0.536. The van der Waals surface area contributed by atoms with Crippen molar-refractivity contribution in [2.75, 3.05) is 5.32 Å². The summed E-state index contributed by atoms with van der Waals surface area (Å²) >= 11 is 5.92. The Morgan fingerprint density at radius 2 is 1.91 bits per heavy atom. The first-order chi connectivity index (χ1) is 10.6. The van der Waals surface area contributed by atoms with E-state index in [1.807, 2.05) is 31.2 Å². The van der Waals surface area contributed by atoms with Crippen molar-refractivity contribution in [3.05, 3.63) is 59.1 Å². The lowest BCUT2D eigenvalue weighted by molar-refractivity contribution is -0.122. The Morgan fingerprint density at radius 3 is 2.50 bits per heavy atom. The molecule has 22 heavy (non-hydrogen) atoms. The second kappa shape index (κ2) is 7.85. The molecule has 0 radical (unpaired) electrons. The molecule has 2 rings (SSSR count). The van der Waals surface area contributed by atoms with Gasteiger partial charge in [0.1, 0.15) is 5.75 Å². The van der Waals surface area contributed by atoms with E-state index >= 15 is 0 Å². The molecule has 0 heterocycles. The molecule has 0 spiro atoms. The molecule has 0 aromatic heterocycles. The van der Waals surface area contributed by atoms with Gasteiger partial charge in [0, 0.05) is 10.7 Å². The van der Waals surface area contributed by atoms with Crippen molar-refractivity contribution in [3.8, 4) is 5.75 Å². The number of amides is 1. The molecule has 3 nitrogen and oxygen atoms in total. The molecule has 0 saturated heterocycles. The predicted octanol–water partition coefficient (Wildman–Crippen LogP) is 4.70. The SMILES string of the molecule is CCc1ccc(O[C@@H](CC)C(=O)Nc2cccc(Cl)c2)cc1. The third-order valence-electron chi connectivity index (χ3n) is 3.37. The summed E-state index contributed by atoms with van der Waals surface area (Å²) in [6, 6.07) is 14.9. The fraction of sp³-hybridized carbons (Fsp3) is 0.278. The Kier molecular flexibility index (Phi) is 5.84. The van der Waals surface area contributed by atoms with E-state index in [4.69, 9.17) is 16.3 Å². The lowest BCUT2D eigenvalue weighted by Crippen LogP contribution is -2.32. The Labute approximate surface area is 136 Å². The zero-order valence-electron chi connectivity index (χ0n) is 12.8. The number of carbonyl (C=O) groups excluding carboxylic acids is 1. The molecule has 1 atom stereocenters. The molecule has 0 bridgehead atoms. The normalized spacial score (nSPS) is 11.8. The van der Waals surface area contributed by atoms with Crippen molar-refractivity contribution in [1.82, 2.24) is 0 Å². The fourth-order valence-electron chi connectivity index (χ4n) is 2.08. The third-order valence-corrected chi connectivity index (χ3v) is 3.60. The van der Waals surface area contributed by atoms with Crippen molar-refractivity contribution >= 4 is 23.2 Å². The van der Waals surface area contributed by atoms with E-state index in [1.54, 1.807) is 24.3 Å². The van der Waals surface area contributed by atoms with Crippen LogP contribution in [0.4, 0.5) is 5.69 Å². The first-order valence-electron chi connectivity index (χ1n) is 7.44. The minimum absolute atomic E-state index is 0.177. The molecule has 0 unspecified atom stereocenters. The Hall–Kier alpha value is -2.00. The molecule has 2 aromatic carbocycles. The summed E-state index contributed by atoms with van der Waals surface area (Å²) in [5.74, 6) is 0.523. The maximum Gasteiger partial charge on any atom is 0.265 e. The van der Waals surface area contributed by atoms with E-state index in [9.17, 15) is 4.79 Å². The van der Waals surface area contributed by atoms with Gasteiger partial charge in [0.25, 0.3) is 5.91 Å². The number of benzene rings is 2. The molecule has 4 heteroatoms. The van der Waals surface area contributed by atoms with E-state index in [0.29, 0.717) is 22.9 Å². The lowest BCUT2D eigenvalue weighted by atomic mass is 10.1. The van der Waals surface area contributed by atoms with Crippen LogP contribution in [-0.4, -0.2) is 12.0 Å². The molecule has 0 aliphatic heterocycles. The summed E-state index contributed by atoms with van der Waals surface area (Å²) in [4.78, 5) is 12.3. The molecule has 116 valence electrons. The van der Waals surface area contributed by atoms with Gasteiger partial charge >= 0.3 is 0 Å². The quantitative estimate of drug-likeness (QED) is 0.838. The standard InChI is InChI=1S/C18H20ClNO2/c1-3-13-8-10-16(11-9-13)22-17(4-2)18(21)20-15-7-5-6-14(19)12-15/h5-12,17H,3-4H2,1-2H3,(H,20,21)/t17-/m0/s1. The number of ether oxygens (including phenoxy) is 1. The van der Waals surface area contributed by atoms with Gasteiger partial charge in [-0.2, -0.15) is 0 Å². The van der Waals surface area contributed by atoms with Crippen molar-refractivity contribution in [3.63, 3.8) is 0 Å². The van der Waals surface area contributed by atoms with Gasteiger partial charge in [-0.3, -0.25) is 4.79 Å². The Bertz CT molecular complexity index is 625. The summed E-state index contributed by atoms with van der Waals surface area (Å²) in [5, 5.41) is 3.41. The molecule has 0 fully saturated rings. The van der Waals surface area contributed by atoms with Crippen molar-refractivity contribution in [1.29, 1.82) is 0 Å². The number of nitrogens with one attached hydrogen (secondary N) is 1. The summed E-state index contributed by atoms with van der Waals surface area (Å²) in [5.41, 5.74) is 1.91. The van der Waals surface area contributed by atoms with Crippen LogP contribution < -0.4 is 10.1 Å². The molecule has 1 N–H and O–H groups in total. The summed E-state index contributed by atoms with van der Waals surface area (Å²) < 4.78 is 5.78. The molecule has 0 aliphatic carbocycles. The molecule has 0 saturated carbocycles.